The van der Waals surface area contributed by atoms with E-state index in [1.807, 2.05) is 0 Å². The van der Waals surface area contributed by atoms with E-state index in [-0.39, 0.29) is 5.75 Å². The highest BCUT2D eigenvalue weighted by Gasteiger charge is 2.12. The molecule has 9 heteroatoms. The van der Waals surface area contributed by atoms with Gasteiger partial charge in [-0.25, -0.2) is 13.8 Å². The van der Waals surface area contributed by atoms with Gasteiger partial charge in [0.25, 0.3) is 5.91 Å². The second-order valence-electron chi connectivity index (χ2n) is 5.60. The summed E-state index contributed by atoms with van der Waals surface area (Å²) in [6.07, 6.45) is 2.40. The predicted octanol–water partition coefficient (Wildman–Crippen LogP) is 1.95. The molecule has 0 saturated carbocycles. The molecule has 27 heavy (non-hydrogen) atoms. The number of nitrogens with one attached hydrogen (secondary N) is 1. The first-order valence-corrected chi connectivity index (χ1v) is 9.91. The van der Waals surface area contributed by atoms with E-state index in [4.69, 9.17) is 4.74 Å². The molecule has 0 aromatic heterocycles. The van der Waals surface area contributed by atoms with Gasteiger partial charge in [-0.3, -0.25) is 9.10 Å². The van der Waals surface area contributed by atoms with Crippen molar-refractivity contribution in [3.8, 4) is 11.5 Å². The minimum Gasteiger partial charge on any atom is -0.504 e. The van der Waals surface area contributed by atoms with Gasteiger partial charge in [0.15, 0.2) is 11.5 Å². The number of ether oxygens (including phenoxy) is 1. The molecule has 8 nitrogen and oxygen atoms in total. The number of phenols is 1. The molecule has 0 aliphatic carbocycles. The van der Waals surface area contributed by atoms with Gasteiger partial charge in [-0.15, -0.1) is 0 Å². The number of hydrogen-bond acceptors (Lipinski definition) is 6. The topological polar surface area (TPSA) is 108 Å². The average molecular weight is 391 g/mol. The monoisotopic (exact) mass is 391 g/mol. The summed E-state index contributed by atoms with van der Waals surface area (Å²) >= 11 is 0. The summed E-state index contributed by atoms with van der Waals surface area (Å²) in [6, 6.07) is 11.0. The SMILES string of the molecule is CCOc1cccc(/C=N\NC(=O)c2ccc(N(C)S(C)(=O)=O)cc2)c1O. The lowest BCUT2D eigenvalue weighted by Gasteiger charge is -2.16. The van der Waals surface area contributed by atoms with E-state index in [2.05, 4.69) is 10.5 Å². The minimum absolute atomic E-state index is 0.0643. The van der Waals surface area contributed by atoms with Crippen LogP contribution < -0.4 is 14.5 Å². The summed E-state index contributed by atoms with van der Waals surface area (Å²) in [5, 5.41) is 13.9. The number of aromatic hydroxyl groups is 1. The van der Waals surface area contributed by atoms with Crippen molar-refractivity contribution in [2.75, 3.05) is 24.2 Å². The quantitative estimate of drug-likeness (QED) is 0.554. The highest BCUT2D eigenvalue weighted by molar-refractivity contribution is 7.92. The van der Waals surface area contributed by atoms with Crippen LogP contribution in [0, 0.1) is 0 Å². The molecule has 0 radical (unpaired) electrons. The Hall–Kier alpha value is -3.07. The van der Waals surface area contributed by atoms with Crippen molar-refractivity contribution in [3.05, 3.63) is 53.6 Å². The molecule has 0 saturated heterocycles. The Labute approximate surface area is 158 Å². The van der Waals surface area contributed by atoms with Crippen molar-refractivity contribution in [2.45, 2.75) is 6.92 Å². The zero-order valence-electron chi connectivity index (χ0n) is 15.2. The zero-order valence-corrected chi connectivity index (χ0v) is 16.0. The first-order valence-electron chi connectivity index (χ1n) is 8.06. The normalized spacial score (nSPS) is 11.4. The molecular weight excluding hydrogens is 370 g/mol. The van der Waals surface area contributed by atoms with Crippen LogP contribution in [0.15, 0.2) is 47.6 Å². The fourth-order valence-electron chi connectivity index (χ4n) is 2.15. The van der Waals surface area contributed by atoms with Crippen molar-refractivity contribution in [1.29, 1.82) is 0 Å². The van der Waals surface area contributed by atoms with E-state index in [1.54, 1.807) is 25.1 Å². The summed E-state index contributed by atoms with van der Waals surface area (Å²) < 4.78 is 29.4. The van der Waals surface area contributed by atoms with E-state index in [9.17, 15) is 18.3 Å². The Morgan fingerprint density at radius 2 is 1.93 bits per heavy atom. The predicted molar refractivity (Wildman–Crippen MR) is 104 cm³/mol. The van der Waals surface area contributed by atoms with Gasteiger partial charge < -0.3 is 9.84 Å². The van der Waals surface area contributed by atoms with Gasteiger partial charge in [0.05, 0.1) is 24.8 Å². The van der Waals surface area contributed by atoms with Crippen LogP contribution in [0.5, 0.6) is 11.5 Å². The minimum atomic E-state index is -3.37. The van der Waals surface area contributed by atoms with Crippen molar-refractivity contribution < 1.29 is 23.1 Å². The number of para-hydroxylation sites is 1. The molecule has 0 fully saturated rings. The van der Waals surface area contributed by atoms with Crippen LogP contribution >= 0.6 is 0 Å². The lowest BCUT2D eigenvalue weighted by molar-refractivity contribution is 0.0955. The van der Waals surface area contributed by atoms with Gasteiger partial charge in [0, 0.05) is 18.2 Å². The molecule has 0 heterocycles. The molecule has 0 bridgehead atoms. The number of nitrogens with zero attached hydrogens (tertiary/aromatic N) is 2. The van der Waals surface area contributed by atoms with Gasteiger partial charge in [-0.2, -0.15) is 5.10 Å². The Morgan fingerprint density at radius 3 is 2.52 bits per heavy atom. The Bertz CT molecular complexity index is 940. The Morgan fingerprint density at radius 1 is 1.26 bits per heavy atom. The van der Waals surface area contributed by atoms with Gasteiger partial charge in [-0.1, -0.05) is 6.07 Å². The molecule has 2 aromatic carbocycles. The van der Waals surface area contributed by atoms with Crippen LogP contribution in [0.1, 0.15) is 22.8 Å². The van der Waals surface area contributed by atoms with E-state index in [0.29, 0.717) is 29.2 Å². The maximum Gasteiger partial charge on any atom is 0.271 e. The fraction of sp³-hybridized carbons (Fsp3) is 0.222. The summed E-state index contributed by atoms with van der Waals surface area (Å²) in [6.45, 7) is 2.22. The van der Waals surface area contributed by atoms with E-state index in [0.717, 1.165) is 10.6 Å². The molecule has 2 rings (SSSR count). The van der Waals surface area contributed by atoms with Gasteiger partial charge in [-0.05, 0) is 43.3 Å². The standard InChI is InChI=1S/C18H21N3O5S/c1-4-26-16-7-5-6-14(17(16)22)12-19-20-18(23)13-8-10-15(11-9-13)21(2)27(3,24)25/h5-12,22H,4H2,1-3H3,(H,20,23)/b19-12-. The average Bonchev–Trinajstić information content (AvgIpc) is 2.63. The Balaban J connectivity index is 2.06. The number of amides is 1. The van der Waals surface area contributed by atoms with Crippen molar-refractivity contribution in [1.82, 2.24) is 5.43 Å². The third-order valence-corrected chi connectivity index (χ3v) is 4.90. The van der Waals surface area contributed by atoms with E-state index < -0.39 is 15.9 Å². The highest BCUT2D eigenvalue weighted by Crippen LogP contribution is 2.28. The van der Waals surface area contributed by atoms with E-state index in [1.165, 1.54) is 37.5 Å². The van der Waals surface area contributed by atoms with Crippen LogP contribution in [-0.2, 0) is 10.0 Å². The summed E-state index contributed by atoms with van der Waals surface area (Å²) in [4.78, 5) is 12.1. The van der Waals surface area contributed by atoms with Crippen LogP contribution in [0.25, 0.3) is 0 Å². The van der Waals surface area contributed by atoms with Crippen molar-refractivity contribution in [2.24, 2.45) is 5.10 Å². The summed E-state index contributed by atoms with van der Waals surface area (Å²) in [5.41, 5.74) is 3.50. The summed E-state index contributed by atoms with van der Waals surface area (Å²) in [5.74, 6) is -0.205. The van der Waals surface area contributed by atoms with Crippen LogP contribution in [-0.4, -0.2) is 45.6 Å². The van der Waals surface area contributed by atoms with Crippen molar-refractivity contribution in [3.63, 3.8) is 0 Å². The Kier molecular flexibility index (Phi) is 6.40. The summed E-state index contributed by atoms with van der Waals surface area (Å²) in [7, 11) is -1.94. The van der Waals surface area contributed by atoms with Crippen LogP contribution in [0.4, 0.5) is 5.69 Å². The molecule has 1 amide bonds. The number of hydrogen-bond donors (Lipinski definition) is 2. The lowest BCUT2D eigenvalue weighted by atomic mass is 10.2. The first-order chi connectivity index (χ1) is 12.7. The molecule has 0 aliphatic rings. The molecule has 0 unspecified atom stereocenters. The lowest BCUT2D eigenvalue weighted by Crippen LogP contribution is -2.25. The highest BCUT2D eigenvalue weighted by atomic mass is 32.2. The smallest absolute Gasteiger partial charge is 0.271 e. The number of sulfonamides is 1. The molecular formula is C18H21N3O5S. The number of rotatable bonds is 7. The maximum absolute atomic E-state index is 12.1. The third kappa shape index (κ3) is 5.20. The molecule has 2 aromatic rings. The number of carbonyl (C=O) groups excluding carboxylic acids is 1. The second-order valence-corrected chi connectivity index (χ2v) is 7.62. The first kappa shape index (κ1) is 20.2. The van der Waals surface area contributed by atoms with Gasteiger partial charge >= 0.3 is 0 Å². The third-order valence-electron chi connectivity index (χ3n) is 3.69. The van der Waals surface area contributed by atoms with Gasteiger partial charge in [0.2, 0.25) is 10.0 Å². The maximum atomic E-state index is 12.1. The van der Waals surface area contributed by atoms with E-state index >= 15 is 0 Å². The number of phenolic OH excluding ortho intramolecular Hbond substituents is 1. The fourth-order valence-corrected chi connectivity index (χ4v) is 2.66. The van der Waals surface area contributed by atoms with Crippen LogP contribution in [0.2, 0.25) is 0 Å². The number of carbonyl (C=O) groups is 1. The number of hydrazone groups is 1. The van der Waals surface area contributed by atoms with Crippen LogP contribution in [0.3, 0.4) is 0 Å². The number of benzene rings is 2. The molecule has 0 atom stereocenters. The van der Waals surface area contributed by atoms with Gasteiger partial charge in [0.1, 0.15) is 0 Å². The molecule has 0 aliphatic heterocycles. The molecule has 2 N–H and O–H groups in total. The second kappa shape index (κ2) is 8.54. The number of anilines is 1. The molecule has 144 valence electrons. The molecule has 0 spiro atoms. The largest absolute Gasteiger partial charge is 0.504 e. The zero-order chi connectivity index (χ0) is 20.0. The van der Waals surface area contributed by atoms with Crippen molar-refractivity contribution >= 4 is 27.8 Å².